The summed E-state index contributed by atoms with van der Waals surface area (Å²) in [7, 11) is 0. The van der Waals surface area contributed by atoms with Gasteiger partial charge in [-0.1, -0.05) is 39.0 Å². The highest BCUT2D eigenvalue weighted by molar-refractivity contribution is 5.32. The van der Waals surface area contributed by atoms with Crippen molar-refractivity contribution in [3.05, 3.63) is 11.6 Å². The summed E-state index contributed by atoms with van der Waals surface area (Å²) in [6, 6.07) is 0. The monoisotopic (exact) mass is 236 g/mol. The lowest BCUT2D eigenvalue weighted by atomic mass is 9.61. The van der Waals surface area contributed by atoms with Gasteiger partial charge in [0.2, 0.25) is 0 Å². The van der Waals surface area contributed by atoms with E-state index in [1.807, 2.05) is 6.92 Å². The van der Waals surface area contributed by atoms with Gasteiger partial charge in [-0.15, -0.1) is 0 Å². The van der Waals surface area contributed by atoms with E-state index < -0.39 is 5.60 Å². The molecule has 0 heterocycles. The number of hydrogen-bond donors (Lipinski definition) is 2. The predicted molar refractivity (Wildman–Crippen MR) is 70.4 cm³/mol. The molecule has 1 fully saturated rings. The molecule has 0 amide bonds. The van der Waals surface area contributed by atoms with Crippen LogP contribution >= 0.6 is 0 Å². The Kier molecular flexibility index (Phi) is 4.41. The number of allylic oxidation sites excluding steroid dienone is 1. The van der Waals surface area contributed by atoms with Gasteiger partial charge in [0.25, 0.3) is 0 Å². The van der Waals surface area contributed by atoms with Gasteiger partial charge in [0.1, 0.15) is 5.60 Å². The smallest absolute Gasteiger partial charge is 0.133 e. The molecule has 0 bridgehead atoms. The second kappa shape index (κ2) is 5.25. The summed E-state index contributed by atoms with van der Waals surface area (Å²) < 4.78 is 0. The fraction of sp³-hybridized carbons (Fsp3) is 0.733. The van der Waals surface area contributed by atoms with Crippen LogP contribution in [0.5, 0.6) is 0 Å². The standard InChI is InChI=1S/C15H24O2/c1-12(8-11-16)7-10-15(17)13(2)6-5-9-14(15,3)4/h8,13,16-17H,5-6,9,11H2,1-4H3. The summed E-state index contributed by atoms with van der Waals surface area (Å²) in [5, 5.41) is 19.6. The molecule has 0 aromatic rings. The molecule has 2 atom stereocenters. The van der Waals surface area contributed by atoms with Crippen LogP contribution in [0.25, 0.3) is 0 Å². The van der Waals surface area contributed by atoms with E-state index in [2.05, 4.69) is 32.6 Å². The molecule has 17 heavy (non-hydrogen) atoms. The van der Waals surface area contributed by atoms with Gasteiger partial charge < -0.3 is 10.2 Å². The second-order valence-electron chi connectivity index (χ2n) is 5.76. The Morgan fingerprint density at radius 2 is 2.12 bits per heavy atom. The van der Waals surface area contributed by atoms with Crippen LogP contribution in [0.4, 0.5) is 0 Å². The van der Waals surface area contributed by atoms with E-state index >= 15 is 0 Å². The number of hydrogen-bond acceptors (Lipinski definition) is 2. The van der Waals surface area contributed by atoms with Crippen LogP contribution in [0.3, 0.4) is 0 Å². The topological polar surface area (TPSA) is 40.5 Å². The minimum atomic E-state index is -0.921. The molecule has 1 aliphatic carbocycles. The van der Waals surface area contributed by atoms with Gasteiger partial charge in [0.15, 0.2) is 0 Å². The van der Waals surface area contributed by atoms with Crippen molar-refractivity contribution in [3.8, 4) is 11.8 Å². The maximum Gasteiger partial charge on any atom is 0.133 e. The van der Waals surface area contributed by atoms with Gasteiger partial charge >= 0.3 is 0 Å². The SMILES string of the molecule is CC(C#CC1(O)C(C)CCCC1(C)C)=CCO. The van der Waals surface area contributed by atoms with Gasteiger partial charge in [-0.2, -0.15) is 0 Å². The summed E-state index contributed by atoms with van der Waals surface area (Å²) in [6.07, 6.45) is 4.85. The third-order valence-electron chi connectivity index (χ3n) is 4.03. The molecule has 0 radical (unpaired) electrons. The molecule has 0 spiro atoms. The zero-order valence-corrected chi connectivity index (χ0v) is 11.4. The quantitative estimate of drug-likeness (QED) is 0.687. The molecule has 96 valence electrons. The van der Waals surface area contributed by atoms with Crippen molar-refractivity contribution in [2.24, 2.45) is 11.3 Å². The van der Waals surface area contributed by atoms with Crippen molar-refractivity contribution in [3.63, 3.8) is 0 Å². The van der Waals surface area contributed by atoms with Crippen LogP contribution in [0.1, 0.15) is 47.0 Å². The molecule has 1 aliphatic rings. The first-order valence-corrected chi connectivity index (χ1v) is 6.36. The number of aliphatic hydroxyl groups excluding tert-OH is 1. The lowest BCUT2D eigenvalue weighted by Gasteiger charge is -2.47. The number of aliphatic hydroxyl groups is 2. The van der Waals surface area contributed by atoms with Crippen LogP contribution in [0.15, 0.2) is 11.6 Å². The zero-order valence-electron chi connectivity index (χ0n) is 11.4. The Morgan fingerprint density at radius 3 is 2.65 bits per heavy atom. The molecule has 0 aliphatic heterocycles. The number of rotatable bonds is 1. The highest BCUT2D eigenvalue weighted by atomic mass is 16.3. The second-order valence-corrected chi connectivity index (χ2v) is 5.76. The molecular formula is C15H24O2. The Morgan fingerprint density at radius 1 is 1.47 bits per heavy atom. The first-order valence-electron chi connectivity index (χ1n) is 6.36. The minimum absolute atomic E-state index is 0.00209. The van der Waals surface area contributed by atoms with Crippen molar-refractivity contribution in [2.75, 3.05) is 6.61 Å². The summed E-state index contributed by atoms with van der Waals surface area (Å²) in [4.78, 5) is 0. The van der Waals surface area contributed by atoms with E-state index in [4.69, 9.17) is 5.11 Å². The molecule has 0 aromatic heterocycles. The Balaban J connectivity index is 3.01. The maximum absolute atomic E-state index is 10.8. The van der Waals surface area contributed by atoms with Crippen molar-refractivity contribution in [1.82, 2.24) is 0 Å². The van der Waals surface area contributed by atoms with E-state index in [0.717, 1.165) is 24.8 Å². The third-order valence-corrected chi connectivity index (χ3v) is 4.03. The lowest BCUT2D eigenvalue weighted by Crippen LogP contribution is -2.51. The summed E-state index contributed by atoms with van der Waals surface area (Å²) >= 11 is 0. The fourth-order valence-corrected chi connectivity index (χ4v) is 2.59. The Hall–Kier alpha value is -0.780. The minimum Gasteiger partial charge on any atom is -0.392 e. The van der Waals surface area contributed by atoms with Crippen LogP contribution in [-0.4, -0.2) is 22.4 Å². The summed E-state index contributed by atoms with van der Waals surface area (Å²) in [6.45, 7) is 8.09. The van der Waals surface area contributed by atoms with E-state index in [-0.39, 0.29) is 17.9 Å². The van der Waals surface area contributed by atoms with Crippen LogP contribution in [-0.2, 0) is 0 Å². The highest BCUT2D eigenvalue weighted by Crippen LogP contribution is 2.46. The summed E-state index contributed by atoms with van der Waals surface area (Å²) in [5.41, 5.74) is -0.276. The van der Waals surface area contributed by atoms with Gasteiger partial charge in [0, 0.05) is 5.41 Å². The zero-order chi connectivity index (χ0) is 13.1. The summed E-state index contributed by atoms with van der Waals surface area (Å²) in [5.74, 6) is 6.22. The Bertz CT molecular complexity index is 357. The van der Waals surface area contributed by atoms with E-state index in [0.29, 0.717) is 0 Å². The maximum atomic E-state index is 10.8. The van der Waals surface area contributed by atoms with Crippen molar-refractivity contribution in [2.45, 2.75) is 52.6 Å². The molecule has 1 saturated carbocycles. The van der Waals surface area contributed by atoms with Crippen LogP contribution < -0.4 is 0 Å². The molecule has 0 saturated heterocycles. The lowest BCUT2D eigenvalue weighted by molar-refractivity contribution is -0.0860. The average molecular weight is 236 g/mol. The molecule has 2 nitrogen and oxygen atoms in total. The van der Waals surface area contributed by atoms with Gasteiger partial charge in [-0.05, 0) is 37.3 Å². The van der Waals surface area contributed by atoms with Gasteiger partial charge in [-0.3, -0.25) is 0 Å². The molecule has 0 aromatic carbocycles. The van der Waals surface area contributed by atoms with Gasteiger partial charge in [0.05, 0.1) is 6.61 Å². The molecule has 2 N–H and O–H groups in total. The van der Waals surface area contributed by atoms with E-state index in [1.54, 1.807) is 6.08 Å². The largest absolute Gasteiger partial charge is 0.392 e. The van der Waals surface area contributed by atoms with Crippen molar-refractivity contribution >= 4 is 0 Å². The molecule has 1 rings (SSSR count). The predicted octanol–water partition coefficient (Wildman–Crippen LogP) is 2.51. The first kappa shape index (κ1) is 14.3. The molecular weight excluding hydrogens is 212 g/mol. The van der Waals surface area contributed by atoms with Crippen molar-refractivity contribution < 1.29 is 10.2 Å². The first-order chi connectivity index (χ1) is 7.83. The highest BCUT2D eigenvalue weighted by Gasteiger charge is 2.48. The van der Waals surface area contributed by atoms with Gasteiger partial charge in [-0.25, -0.2) is 0 Å². The Labute approximate surface area is 105 Å². The van der Waals surface area contributed by atoms with Crippen LogP contribution in [0, 0.1) is 23.2 Å². The van der Waals surface area contributed by atoms with E-state index in [9.17, 15) is 5.11 Å². The normalized spacial score (nSPS) is 32.8. The van der Waals surface area contributed by atoms with Crippen molar-refractivity contribution in [1.29, 1.82) is 0 Å². The molecule has 2 heteroatoms. The van der Waals surface area contributed by atoms with E-state index in [1.165, 1.54) is 0 Å². The molecule has 2 unspecified atom stereocenters. The third kappa shape index (κ3) is 2.91. The fourth-order valence-electron chi connectivity index (χ4n) is 2.59. The average Bonchev–Trinajstić information content (AvgIpc) is 2.24. The van der Waals surface area contributed by atoms with Crippen LogP contribution in [0.2, 0.25) is 0 Å².